The first-order valence-electron chi connectivity index (χ1n) is 6.26. The third-order valence-corrected chi connectivity index (χ3v) is 2.89. The Kier molecular flexibility index (Phi) is 3.44. The third-order valence-electron chi connectivity index (χ3n) is 2.89. The fourth-order valence-corrected chi connectivity index (χ4v) is 1.90. The minimum absolute atomic E-state index is 0.00866. The largest absolute Gasteiger partial charge is 0.482 e. The molecule has 1 aliphatic rings. The van der Waals surface area contributed by atoms with E-state index in [4.69, 9.17) is 10.00 Å². The van der Waals surface area contributed by atoms with E-state index in [-0.39, 0.29) is 11.6 Å². The Morgan fingerprint density at radius 2 is 2.05 bits per heavy atom. The highest BCUT2D eigenvalue weighted by atomic mass is 19.1. The first kappa shape index (κ1) is 13.7. The van der Waals surface area contributed by atoms with Gasteiger partial charge in [0.2, 0.25) is 0 Å². The van der Waals surface area contributed by atoms with E-state index in [0.29, 0.717) is 0 Å². The summed E-state index contributed by atoms with van der Waals surface area (Å²) in [6.07, 6.45) is 2.69. The van der Waals surface area contributed by atoms with Crippen molar-refractivity contribution >= 4 is 0 Å². The SMILES string of the molecule is CC(C)(C)Oc1c(F)cnc(C(C#N)C2CC2)c1F. The fraction of sp³-hybridized carbons (Fsp3) is 0.571. The third kappa shape index (κ3) is 3.01. The quantitative estimate of drug-likeness (QED) is 0.840. The van der Waals surface area contributed by atoms with Crippen LogP contribution in [0.1, 0.15) is 45.2 Å². The van der Waals surface area contributed by atoms with E-state index in [1.165, 1.54) is 0 Å². The van der Waals surface area contributed by atoms with Gasteiger partial charge in [0.15, 0.2) is 17.4 Å². The molecule has 1 saturated carbocycles. The van der Waals surface area contributed by atoms with Crippen LogP contribution in [0.4, 0.5) is 8.78 Å². The first-order chi connectivity index (χ1) is 8.83. The van der Waals surface area contributed by atoms with Crippen LogP contribution < -0.4 is 4.74 Å². The summed E-state index contributed by atoms with van der Waals surface area (Å²) < 4.78 is 33.2. The summed E-state index contributed by atoms with van der Waals surface area (Å²) in [5, 5.41) is 9.12. The molecule has 0 spiro atoms. The summed E-state index contributed by atoms with van der Waals surface area (Å²) in [4.78, 5) is 3.75. The maximum absolute atomic E-state index is 14.3. The van der Waals surface area contributed by atoms with Crippen LogP contribution in [-0.2, 0) is 0 Å². The molecule has 5 heteroatoms. The van der Waals surface area contributed by atoms with E-state index in [1.54, 1.807) is 20.8 Å². The lowest BCUT2D eigenvalue weighted by atomic mass is 10.00. The predicted molar refractivity (Wildman–Crippen MR) is 65.6 cm³/mol. The van der Waals surface area contributed by atoms with Gasteiger partial charge in [0.1, 0.15) is 5.60 Å². The van der Waals surface area contributed by atoms with Crippen LogP contribution in [-0.4, -0.2) is 10.6 Å². The minimum Gasteiger partial charge on any atom is -0.482 e. The summed E-state index contributed by atoms with van der Waals surface area (Å²) in [5.41, 5.74) is -0.729. The lowest BCUT2D eigenvalue weighted by Gasteiger charge is -2.22. The average Bonchev–Trinajstić information content (AvgIpc) is 3.11. The molecule has 102 valence electrons. The summed E-state index contributed by atoms with van der Waals surface area (Å²) in [7, 11) is 0. The highest BCUT2D eigenvalue weighted by Crippen LogP contribution is 2.43. The van der Waals surface area contributed by atoms with Gasteiger partial charge in [-0.15, -0.1) is 0 Å². The molecule has 0 aromatic carbocycles. The fourth-order valence-electron chi connectivity index (χ4n) is 1.90. The standard InChI is InChI=1S/C14H16F2N2O/c1-14(2,3)19-13-10(15)7-18-12(11(13)16)9(6-17)8-4-5-8/h7-9H,4-5H2,1-3H3. The van der Waals surface area contributed by atoms with Crippen molar-refractivity contribution in [3.63, 3.8) is 0 Å². The molecule has 1 aromatic rings. The van der Waals surface area contributed by atoms with Crippen LogP contribution in [0.3, 0.4) is 0 Å². The number of ether oxygens (including phenoxy) is 1. The van der Waals surface area contributed by atoms with Gasteiger partial charge in [0.25, 0.3) is 0 Å². The highest BCUT2D eigenvalue weighted by molar-refractivity contribution is 5.33. The minimum atomic E-state index is -0.853. The Labute approximate surface area is 111 Å². The Hall–Kier alpha value is -1.70. The average molecular weight is 266 g/mol. The Balaban J connectivity index is 2.42. The van der Waals surface area contributed by atoms with Crippen molar-refractivity contribution in [2.75, 3.05) is 0 Å². The van der Waals surface area contributed by atoms with Crippen LogP contribution in [0.2, 0.25) is 0 Å². The Bertz CT molecular complexity index is 527. The second kappa shape index (κ2) is 4.76. The molecule has 0 amide bonds. The van der Waals surface area contributed by atoms with E-state index in [1.807, 2.05) is 0 Å². The van der Waals surface area contributed by atoms with Crippen LogP contribution in [0.15, 0.2) is 6.20 Å². The van der Waals surface area contributed by atoms with Gasteiger partial charge in [-0.2, -0.15) is 5.26 Å². The van der Waals surface area contributed by atoms with Gasteiger partial charge in [-0.05, 0) is 39.5 Å². The molecule has 1 fully saturated rings. The van der Waals surface area contributed by atoms with Gasteiger partial charge >= 0.3 is 0 Å². The van der Waals surface area contributed by atoms with E-state index in [2.05, 4.69) is 11.1 Å². The van der Waals surface area contributed by atoms with Gasteiger partial charge in [0.05, 0.1) is 23.9 Å². The molecule has 1 heterocycles. The summed E-state index contributed by atoms with van der Waals surface area (Å²) in [6, 6.07) is 2.05. The van der Waals surface area contributed by atoms with Crippen LogP contribution in [0.25, 0.3) is 0 Å². The normalized spacial score (nSPS) is 16.8. The molecule has 0 radical (unpaired) electrons. The van der Waals surface area contributed by atoms with E-state index >= 15 is 0 Å². The number of nitriles is 1. The molecule has 1 aliphatic carbocycles. The topological polar surface area (TPSA) is 45.9 Å². The van der Waals surface area contributed by atoms with Crippen molar-refractivity contribution < 1.29 is 13.5 Å². The lowest BCUT2D eigenvalue weighted by molar-refractivity contribution is 0.116. The smallest absolute Gasteiger partial charge is 0.194 e. The zero-order valence-electron chi connectivity index (χ0n) is 11.2. The van der Waals surface area contributed by atoms with E-state index in [9.17, 15) is 8.78 Å². The van der Waals surface area contributed by atoms with Crippen LogP contribution in [0.5, 0.6) is 5.75 Å². The maximum atomic E-state index is 14.3. The van der Waals surface area contributed by atoms with Gasteiger partial charge in [0, 0.05) is 0 Å². The number of halogens is 2. The van der Waals surface area contributed by atoms with Gasteiger partial charge < -0.3 is 4.74 Å². The molecule has 0 saturated heterocycles. The molecular weight excluding hydrogens is 250 g/mol. The molecule has 0 bridgehead atoms. The molecule has 2 rings (SSSR count). The molecular formula is C14H16F2N2O. The molecule has 1 aromatic heterocycles. The molecule has 1 unspecified atom stereocenters. The number of aromatic nitrogens is 1. The van der Waals surface area contributed by atoms with Crippen molar-refractivity contribution in [1.82, 2.24) is 4.98 Å². The molecule has 1 atom stereocenters. The summed E-state index contributed by atoms with van der Waals surface area (Å²) in [5.74, 6) is -2.64. The monoisotopic (exact) mass is 266 g/mol. The van der Waals surface area contributed by atoms with Gasteiger partial charge in [-0.25, -0.2) is 8.78 Å². The van der Waals surface area contributed by atoms with Gasteiger partial charge in [-0.1, -0.05) is 0 Å². The lowest BCUT2D eigenvalue weighted by Crippen LogP contribution is -2.25. The zero-order valence-corrected chi connectivity index (χ0v) is 11.2. The maximum Gasteiger partial charge on any atom is 0.194 e. The summed E-state index contributed by atoms with van der Waals surface area (Å²) in [6.45, 7) is 5.11. The highest BCUT2D eigenvalue weighted by Gasteiger charge is 2.36. The van der Waals surface area contributed by atoms with Crippen molar-refractivity contribution in [1.29, 1.82) is 5.26 Å². The Morgan fingerprint density at radius 1 is 1.42 bits per heavy atom. The number of hydrogen-bond donors (Lipinski definition) is 0. The molecule has 0 aliphatic heterocycles. The van der Waals surface area contributed by atoms with Crippen molar-refractivity contribution in [3.05, 3.63) is 23.5 Å². The summed E-state index contributed by atoms with van der Waals surface area (Å²) >= 11 is 0. The predicted octanol–water partition coefficient (Wildman–Crippen LogP) is 3.55. The van der Waals surface area contributed by atoms with Crippen molar-refractivity contribution in [2.24, 2.45) is 5.92 Å². The van der Waals surface area contributed by atoms with Crippen LogP contribution in [0, 0.1) is 28.9 Å². The number of rotatable bonds is 3. The number of pyridine rings is 1. The number of nitrogens with zero attached hydrogens (tertiary/aromatic N) is 2. The van der Waals surface area contributed by atoms with Gasteiger partial charge in [-0.3, -0.25) is 4.98 Å². The molecule has 3 nitrogen and oxygen atoms in total. The Morgan fingerprint density at radius 3 is 2.53 bits per heavy atom. The van der Waals surface area contributed by atoms with Crippen LogP contribution >= 0.6 is 0 Å². The second-order valence-electron chi connectivity index (χ2n) is 5.79. The zero-order chi connectivity index (χ0) is 14.2. The van der Waals surface area contributed by atoms with E-state index in [0.717, 1.165) is 19.0 Å². The number of hydrogen-bond acceptors (Lipinski definition) is 3. The molecule has 19 heavy (non-hydrogen) atoms. The second-order valence-corrected chi connectivity index (χ2v) is 5.79. The van der Waals surface area contributed by atoms with E-state index < -0.39 is 28.9 Å². The van der Waals surface area contributed by atoms with Crippen molar-refractivity contribution in [3.8, 4) is 11.8 Å². The van der Waals surface area contributed by atoms with Crippen molar-refractivity contribution in [2.45, 2.75) is 45.1 Å². The first-order valence-corrected chi connectivity index (χ1v) is 6.26. The molecule has 0 N–H and O–H groups in total.